The van der Waals surface area contributed by atoms with Gasteiger partial charge in [0.15, 0.2) is 0 Å². The summed E-state index contributed by atoms with van der Waals surface area (Å²) in [5.41, 5.74) is 0.627. The van der Waals surface area contributed by atoms with Gasteiger partial charge in [0.25, 0.3) is 0 Å². The van der Waals surface area contributed by atoms with Gasteiger partial charge < -0.3 is 10.0 Å². The van der Waals surface area contributed by atoms with E-state index in [1.807, 2.05) is 36.9 Å². The van der Waals surface area contributed by atoms with Crippen molar-refractivity contribution in [2.24, 2.45) is 5.92 Å². The zero-order chi connectivity index (χ0) is 15.7. The van der Waals surface area contributed by atoms with E-state index in [0.29, 0.717) is 18.4 Å². The molecule has 0 radical (unpaired) electrons. The number of rotatable bonds is 4. The molecule has 0 aromatic heterocycles. The highest BCUT2D eigenvalue weighted by Gasteiger charge is 2.46. The van der Waals surface area contributed by atoms with E-state index in [1.54, 1.807) is 0 Å². The van der Waals surface area contributed by atoms with Gasteiger partial charge in [-0.2, -0.15) is 0 Å². The maximum Gasteiger partial charge on any atom is 0.226 e. The Kier molecular flexibility index (Phi) is 4.24. The fourth-order valence-corrected chi connectivity index (χ4v) is 3.44. The molecule has 0 bridgehead atoms. The number of benzene rings is 1. The molecule has 1 saturated heterocycles. The maximum atomic E-state index is 12.6. The molecule has 1 aromatic rings. The van der Waals surface area contributed by atoms with Crippen molar-refractivity contribution in [1.29, 1.82) is 0 Å². The Balaban J connectivity index is 1.49. The quantitative estimate of drug-likeness (QED) is 0.921. The Hall–Kier alpha value is -1.39. The van der Waals surface area contributed by atoms with Gasteiger partial charge >= 0.3 is 0 Å². The first-order valence-corrected chi connectivity index (χ1v) is 8.22. The maximum absolute atomic E-state index is 12.6. The van der Waals surface area contributed by atoms with Crippen LogP contribution in [0, 0.1) is 5.92 Å². The Morgan fingerprint density at radius 1 is 1.18 bits per heavy atom. The first kappa shape index (κ1) is 15.5. The van der Waals surface area contributed by atoms with E-state index in [2.05, 4.69) is 17.0 Å². The van der Waals surface area contributed by atoms with Crippen LogP contribution in [0.4, 0.5) is 0 Å². The third-order valence-electron chi connectivity index (χ3n) is 4.63. The van der Waals surface area contributed by atoms with E-state index >= 15 is 0 Å². The molecule has 2 fully saturated rings. The summed E-state index contributed by atoms with van der Waals surface area (Å²) in [6.45, 7) is 7.63. The number of nitrogens with zero attached hydrogens (tertiary/aromatic N) is 2. The largest absolute Gasteiger partial charge is 0.389 e. The van der Waals surface area contributed by atoms with Gasteiger partial charge in [-0.1, -0.05) is 30.3 Å². The van der Waals surface area contributed by atoms with Gasteiger partial charge in [0, 0.05) is 38.6 Å². The second-order valence-electron chi connectivity index (χ2n) is 7.27. The van der Waals surface area contributed by atoms with Crippen molar-refractivity contribution in [2.45, 2.75) is 31.8 Å². The first-order chi connectivity index (χ1) is 10.4. The van der Waals surface area contributed by atoms with Crippen LogP contribution in [0.15, 0.2) is 30.3 Å². The molecule has 4 nitrogen and oxygen atoms in total. The highest BCUT2D eigenvalue weighted by Crippen LogP contribution is 2.48. The molecule has 0 unspecified atom stereocenters. The summed E-state index contributed by atoms with van der Waals surface area (Å²) in [6, 6.07) is 10.4. The number of aliphatic hydroxyl groups is 1. The first-order valence-electron chi connectivity index (χ1n) is 8.22. The zero-order valence-corrected chi connectivity index (χ0v) is 13.5. The monoisotopic (exact) mass is 302 g/mol. The molecule has 22 heavy (non-hydrogen) atoms. The minimum absolute atomic E-state index is 0.184. The van der Waals surface area contributed by atoms with Crippen LogP contribution in [-0.4, -0.2) is 59.1 Å². The predicted molar refractivity (Wildman–Crippen MR) is 86.6 cm³/mol. The molecule has 1 aromatic carbocycles. The summed E-state index contributed by atoms with van der Waals surface area (Å²) < 4.78 is 0. The van der Waals surface area contributed by atoms with Crippen LogP contribution in [0.2, 0.25) is 0 Å². The lowest BCUT2D eigenvalue weighted by molar-refractivity contribution is -0.134. The van der Waals surface area contributed by atoms with Crippen molar-refractivity contribution in [1.82, 2.24) is 9.80 Å². The Morgan fingerprint density at radius 2 is 1.82 bits per heavy atom. The standard InChI is InChI=1S/C18H26N2O2/c1-18(2,22)13-19-8-10-20(11-9-19)17(21)16-12-15(16)14-6-4-3-5-7-14/h3-7,15-16,22H,8-13H2,1-2H3/t15-,16-/m1/s1. The normalized spacial score (nSPS) is 26.0. The summed E-state index contributed by atoms with van der Waals surface area (Å²) in [5, 5.41) is 9.88. The van der Waals surface area contributed by atoms with Crippen LogP contribution in [0.25, 0.3) is 0 Å². The number of hydrogen-bond acceptors (Lipinski definition) is 3. The minimum atomic E-state index is -0.666. The van der Waals surface area contributed by atoms with Crippen molar-refractivity contribution >= 4 is 5.91 Å². The topological polar surface area (TPSA) is 43.8 Å². The summed E-state index contributed by atoms with van der Waals surface area (Å²) >= 11 is 0. The summed E-state index contributed by atoms with van der Waals surface area (Å²) in [7, 11) is 0. The van der Waals surface area contributed by atoms with Gasteiger partial charge in [-0.25, -0.2) is 0 Å². The molecule has 1 saturated carbocycles. The van der Waals surface area contributed by atoms with Gasteiger partial charge in [0.05, 0.1) is 5.60 Å². The summed E-state index contributed by atoms with van der Waals surface area (Å²) in [4.78, 5) is 16.8. The average Bonchev–Trinajstić information content (AvgIpc) is 3.27. The second kappa shape index (κ2) is 6.01. The molecule has 2 aliphatic rings. The highest BCUT2D eigenvalue weighted by atomic mass is 16.3. The SMILES string of the molecule is CC(C)(O)CN1CCN(C(=O)[C@@H]2C[C@@H]2c2ccccc2)CC1. The number of hydrogen-bond donors (Lipinski definition) is 1. The van der Waals surface area contributed by atoms with Crippen molar-refractivity contribution in [3.63, 3.8) is 0 Å². The molecule has 1 aliphatic carbocycles. The van der Waals surface area contributed by atoms with E-state index in [4.69, 9.17) is 0 Å². The highest BCUT2D eigenvalue weighted by molar-refractivity contribution is 5.83. The number of amides is 1. The molecular formula is C18H26N2O2. The number of carbonyl (C=O) groups excluding carboxylic acids is 1. The van der Waals surface area contributed by atoms with E-state index in [1.165, 1.54) is 5.56 Å². The van der Waals surface area contributed by atoms with Crippen LogP contribution in [0.5, 0.6) is 0 Å². The van der Waals surface area contributed by atoms with E-state index in [0.717, 1.165) is 32.6 Å². The fraction of sp³-hybridized carbons (Fsp3) is 0.611. The minimum Gasteiger partial charge on any atom is -0.389 e. The van der Waals surface area contributed by atoms with Crippen molar-refractivity contribution in [3.05, 3.63) is 35.9 Å². The molecular weight excluding hydrogens is 276 g/mol. The molecule has 3 rings (SSSR count). The molecule has 120 valence electrons. The zero-order valence-electron chi connectivity index (χ0n) is 13.5. The van der Waals surface area contributed by atoms with Gasteiger partial charge in [-0.05, 0) is 31.7 Å². The van der Waals surface area contributed by atoms with Crippen LogP contribution in [-0.2, 0) is 4.79 Å². The molecule has 1 amide bonds. The number of piperazine rings is 1. The summed E-state index contributed by atoms with van der Waals surface area (Å²) in [5.74, 6) is 0.920. The Bertz CT molecular complexity index is 516. The van der Waals surface area contributed by atoms with Crippen molar-refractivity contribution in [2.75, 3.05) is 32.7 Å². The molecule has 1 aliphatic heterocycles. The second-order valence-corrected chi connectivity index (χ2v) is 7.27. The van der Waals surface area contributed by atoms with Crippen LogP contribution in [0.1, 0.15) is 31.7 Å². The van der Waals surface area contributed by atoms with E-state index < -0.39 is 5.60 Å². The summed E-state index contributed by atoms with van der Waals surface area (Å²) in [6.07, 6.45) is 0.993. The van der Waals surface area contributed by atoms with Gasteiger partial charge in [0.2, 0.25) is 5.91 Å². The van der Waals surface area contributed by atoms with Gasteiger partial charge in [-0.15, -0.1) is 0 Å². The van der Waals surface area contributed by atoms with Gasteiger partial charge in [-0.3, -0.25) is 9.69 Å². The average molecular weight is 302 g/mol. The molecule has 0 spiro atoms. The number of β-amino-alcohol motifs (C(OH)–C–C–N with tert-alkyl or cyclic N) is 1. The molecule has 1 N–H and O–H groups in total. The van der Waals surface area contributed by atoms with Crippen molar-refractivity contribution < 1.29 is 9.90 Å². The van der Waals surface area contributed by atoms with Crippen LogP contribution < -0.4 is 0 Å². The van der Waals surface area contributed by atoms with E-state index in [9.17, 15) is 9.90 Å². The lowest BCUT2D eigenvalue weighted by Gasteiger charge is -2.37. The number of carbonyl (C=O) groups is 1. The molecule has 2 atom stereocenters. The fourth-order valence-electron chi connectivity index (χ4n) is 3.44. The lowest BCUT2D eigenvalue weighted by atomic mass is 10.1. The lowest BCUT2D eigenvalue weighted by Crippen LogP contribution is -2.52. The van der Waals surface area contributed by atoms with E-state index in [-0.39, 0.29) is 5.92 Å². The predicted octanol–water partition coefficient (Wildman–Crippen LogP) is 1.71. The smallest absolute Gasteiger partial charge is 0.226 e. The molecule has 1 heterocycles. The van der Waals surface area contributed by atoms with Crippen molar-refractivity contribution in [3.8, 4) is 0 Å². The third kappa shape index (κ3) is 3.68. The van der Waals surface area contributed by atoms with Crippen LogP contribution >= 0.6 is 0 Å². The molecule has 4 heteroatoms. The van der Waals surface area contributed by atoms with Gasteiger partial charge in [0.1, 0.15) is 0 Å². The van der Waals surface area contributed by atoms with Crippen LogP contribution in [0.3, 0.4) is 0 Å². The Morgan fingerprint density at radius 3 is 2.41 bits per heavy atom. The third-order valence-corrected chi connectivity index (χ3v) is 4.63. The Labute approximate surface area is 132 Å².